The molecule has 6 nitrogen and oxygen atoms in total. The van der Waals surface area contributed by atoms with Gasteiger partial charge in [0.05, 0.1) is 18.6 Å². The number of rotatable bonds is 3. The van der Waals surface area contributed by atoms with E-state index in [1.165, 1.54) is 0 Å². The van der Waals surface area contributed by atoms with E-state index in [1.54, 1.807) is 4.90 Å². The summed E-state index contributed by atoms with van der Waals surface area (Å²) in [5.74, 6) is 0.448. The molecule has 1 saturated carbocycles. The zero-order chi connectivity index (χ0) is 17.4. The molecule has 1 aliphatic heterocycles. The van der Waals surface area contributed by atoms with Gasteiger partial charge in [0.25, 0.3) is 0 Å². The molecule has 4 rings (SSSR count). The van der Waals surface area contributed by atoms with Gasteiger partial charge in [-0.1, -0.05) is 31.0 Å². The molecule has 2 aromatic rings. The van der Waals surface area contributed by atoms with Gasteiger partial charge in [0, 0.05) is 17.8 Å². The molecule has 2 amide bonds. The zero-order valence-corrected chi connectivity index (χ0v) is 14.1. The lowest BCUT2D eigenvalue weighted by atomic mass is 9.87. The molecule has 25 heavy (non-hydrogen) atoms. The molecule has 132 valence electrons. The number of hydrogen-bond donors (Lipinski definition) is 2. The summed E-state index contributed by atoms with van der Waals surface area (Å²) in [6.45, 7) is 0.105. The lowest BCUT2D eigenvalue weighted by Gasteiger charge is -2.44. The Morgan fingerprint density at radius 1 is 1.32 bits per heavy atom. The third-order valence-corrected chi connectivity index (χ3v) is 5.29. The summed E-state index contributed by atoms with van der Waals surface area (Å²) in [5.41, 5.74) is 6.98. The van der Waals surface area contributed by atoms with E-state index in [4.69, 9.17) is 10.2 Å². The average Bonchev–Trinajstić information content (AvgIpc) is 3.02. The first-order chi connectivity index (χ1) is 12.1. The highest BCUT2D eigenvalue weighted by atomic mass is 16.3. The number of furan rings is 1. The van der Waals surface area contributed by atoms with Gasteiger partial charge >= 0.3 is 0 Å². The summed E-state index contributed by atoms with van der Waals surface area (Å²) in [5, 5.41) is 4.02. The van der Waals surface area contributed by atoms with Crippen molar-refractivity contribution in [1.29, 1.82) is 0 Å². The van der Waals surface area contributed by atoms with E-state index in [-0.39, 0.29) is 30.4 Å². The quantitative estimate of drug-likeness (QED) is 0.887. The number of benzene rings is 1. The second-order valence-corrected chi connectivity index (χ2v) is 7.05. The molecule has 3 N–H and O–H groups in total. The second kappa shape index (κ2) is 6.52. The number of fused-ring (bicyclic) bond motifs is 2. The van der Waals surface area contributed by atoms with Gasteiger partial charge < -0.3 is 20.4 Å². The predicted molar refractivity (Wildman–Crippen MR) is 93.8 cm³/mol. The maximum absolute atomic E-state index is 12.9. The van der Waals surface area contributed by atoms with E-state index >= 15 is 0 Å². The summed E-state index contributed by atoms with van der Waals surface area (Å²) < 4.78 is 5.77. The zero-order valence-electron chi connectivity index (χ0n) is 14.1. The molecule has 6 heteroatoms. The van der Waals surface area contributed by atoms with E-state index in [9.17, 15) is 9.59 Å². The number of nitrogens with one attached hydrogen (secondary N) is 1. The smallest absolute Gasteiger partial charge is 0.240 e. The summed E-state index contributed by atoms with van der Waals surface area (Å²) in [7, 11) is 0. The Morgan fingerprint density at radius 3 is 2.96 bits per heavy atom. The van der Waals surface area contributed by atoms with Crippen LogP contribution in [0.3, 0.4) is 0 Å². The molecule has 2 fully saturated rings. The first-order valence-electron chi connectivity index (χ1n) is 8.95. The minimum absolute atomic E-state index is 0.0670. The van der Waals surface area contributed by atoms with Gasteiger partial charge in [-0.25, -0.2) is 0 Å². The molecule has 1 saturated heterocycles. The number of hydrogen-bond acceptors (Lipinski definition) is 4. The van der Waals surface area contributed by atoms with Crippen LogP contribution in [0.15, 0.2) is 34.7 Å². The van der Waals surface area contributed by atoms with Crippen LogP contribution in [-0.2, 0) is 16.0 Å². The minimum atomic E-state index is -0.700. The summed E-state index contributed by atoms with van der Waals surface area (Å²) >= 11 is 0. The number of carbonyl (C=O) groups is 2. The highest BCUT2D eigenvalue weighted by Gasteiger charge is 2.40. The van der Waals surface area contributed by atoms with Crippen LogP contribution in [0.2, 0.25) is 0 Å². The number of nitrogens with two attached hydrogens (primary N) is 1. The van der Waals surface area contributed by atoms with Crippen LogP contribution in [0, 0.1) is 0 Å². The van der Waals surface area contributed by atoms with Crippen molar-refractivity contribution in [3.8, 4) is 0 Å². The van der Waals surface area contributed by atoms with E-state index in [0.717, 1.165) is 36.7 Å². The first-order valence-corrected chi connectivity index (χ1v) is 8.95. The van der Waals surface area contributed by atoms with Crippen molar-refractivity contribution >= 4 is 22.8 Å². The molecular formula is C19H23N3O3. The standard InChI is InChI=1S/C19H23N3O3/c20-14(10-13-9-12-5-1-4-8-17(12)25-13)19(24)22-11-18(23)21-15-6-2-3-7-16(15)22/h1,4-5,8-9,14-16H,2-3,6-7,10-11,20H2,(H,21,23). The highest BCUT2D eigenvalue weighted by molar-refractivity contribution is 5.89. The van der Waals surface area contributed by atoms with Crippen LogP contribution in [0.1, 0.15) is 31.4 Å². The molecule has 3 atom stereocenters. The average molecular weight is 341 g/mol. The van der Waals surface area contributed by atoms with E-state index in [1.807, 2.05) is 30.3 Å². The van der Waals surface area contributed by atoms with Crippen LogP contribution in [0.5, 0.6) is 0 Å². The van der Waals surface area contributed by atoms with E-state index < -0.39 is 6.04 Å². The normalized spacial score (nSPS) is 24.7. The lowest BCUT2D eigenvalue weighted by molar-refractivity contribution is -0.145. The Morgan fingerprint density at radius 2 is 2.12 bits per heavy atom. The molecule has 1 aromatic carbocycles. The molecule has 0 radical (unpaired) electrons. The third-order valence-electron chi connectivity index (χ3n) is 5.29. The molecular weight excluding hydrogens is 318 g/mol. The predicted octanol–water partition coefficient (Wildman–Crippen LogP) is 1.57. The van der Waals surface area contributed by atoms with Gasteiger partial charge in [-0.15, -0.1) is 0 Å². The number of carbonyl (C=O) groups excluding carboxylic acids is 2. The van der Waals surface area contributed by atoms with Crippen molar-refractivity contribution in [3.63, 3.8) is 0 Å². The van der Waals surface area contributed by atoms with Gasteiger partial charge in [-0.3, -0.25) is 9.59 Å². The summed E-state index contributed by atoms with van der Waals surface area (Å²) in [6, 6.07) is 9.09. The number of amides is 2. The first kappa shape index (κ1) is 16.1. The van der Waals surface area contributed by atoms with E-state index in [2.05, 4.69) is 5.32 Å². The maximum atomic E-state index is 12.9. The van der Waals surface area contributed by atoms with Crippen LogP contribution >= 0.6 is 0 Å². The molecule has 1 aliphatic carbocycles. The van der Waals surface area contributed by atoms with Crippen molar-refractivity contribution in [2.75, 3.05) is 6.54 Å². The summed E-state index contributed by atoms with van der Waals surface area (Å²) in [4.78, 5) is 26.6. The summed E-state index contributed by atoms with van der Waals surface area (Å²) in [6.07, 6.45) is 4.37. The molecule has 1 aromatic heterocycles. The number of para-hydroxylation sites is 1. The van der Waals surface area contributed by atoms with Gasteiger partial charge in [0.15, 0.2) is 0 Å². The molecule has 2 heterocycles. The van der Waals surface area contributed by atoms with Crippen molar-refractivity contribution in [2.45, 2.75) is 50.2 Å². The van der Waals surface area contributed by atoms with Crippen molar-refractivity contribution in [2.24, 2.45) is 5.73 Å². The second-order valence-electron chi connectivity index (χ2n) is 7.05. The Hall–Kier alpha value is -2.34. The van der Waals surface area contributed by atoms with Crippen molar-refractivity contribution < 1.29 is 14.0 Å². The molecule has 3 unspecified atom stereocenters. The molecule has 0 spiro atoms. The van der Waals surface area contributed by atoms with Crippen LogP contribution < -0.4 is 11.1 Å². The lowest BCUT2D eigenvalue weighted by Crippen LogP contribution is -2.65. The monoisotopic (exact) mass is 341 g/mol. The largest absolute Gasteiger partial charge is 0.461 e. The van der Waals surface area contributed by atoms with Gasteiger partial charge in [0.2, 0.25) is 11.8 Å². The van der Waals surface area contributed by atoms with E-state index in [0.29, 0.717) is 12.2 Å². The Bertz CT molecular complexity index is 767. The van der Waals surface area contributed by atoms with Crippen LogP contribution in [-0.4, -0.2) is 41.4 Å². The topological polar surface area (TPSA) is 88.6 Å². The SMILES string of the molecule is NC(Cc1cc2ccccc2o1)C(=O)N1CC(=O)NC2CCCCC21. The van der Waals surface area contributed by atoms with Crippen molar-refractivity contribution in [1.82, 2.24) is 10.2 Å². The van der Waals surface area contributed by atoms with Gasteiger partial charge in [-0.2, -0.15) is 0 Å². The molecule has 2 aliphatic rings. The molecule has 0 bridgehead atoms. The fourth-order valence-electron chi connectivity index (χ4n) is 4.07. The van der Waals surface area contributed by atoms with Crippen molar-refractivity contribution in [3.05, 3.63) is 36.1 Å². The van der Waals surface area contributed by atoms with Crippen LogP contribution in [0.4, 0.5) is 0 Å². The fraction of sp³-hybridized carbons (Fsp3) is 0.474. The Labute approximate surface area is 146 Å². The maximum Gasteiger partial charge on any atom is 0.240 e. The fourth-order valence-corrected chi connectivity index (χ4v) is 4.07. The van der Waals surface area contributed by atoms with Crippen LogP contribution in [0.25, 0.3) is 11.0 Å². The number of piperazine rings is 1. The highest BCUT2D eigenvalue weighted by Crippen LogP contribution is 2.27. The Balaban J connectivity index is 1.49. The number of nitrogens with zero attached hydrogens (tertiary/aromatic N) is 1. The van der Waals surface area contributed by atoms with Gasteiger partial charge in [-0.05, 0) is 25.0 Å². The Kier molecular flexibility index (Phi) is 4.21. The minimum Gasteiger partial charge on any atom is -0.461 e. The third kappa shape index (κ3) is 3.14. The van der Waals surface area contributed by atoms with Gasteiger partial charge in [0.1, 0.15) is 11.3 Å².